The largest absolute Gasteiger partial charge is 0.508 e. The smallest absolute Gasteiger partial charge is 0.407 e. The first-order valence-corrected chi connectivity index (χ1v) is 13.9. The molecule has 2 amide bonds. The van der Waals surface area contributed by atoms with E-state index in [1.165, 1.54) is 4.90 Å². The molecule has 3 aliphatic rings. The minimum atomic E-state index is -2.72. The Kier molecular flexibility index (Phi) is 8.05. The number of fused-ring (bicyclic) bond motifs is 3. The lowest BCUT2D eigenvalue weighted by atomic mass is 9.57. The van der Waals surface area contributed by atoms with Crippen molar-refractivity contribution >= 4 is 35.0 Å². The maximum Gasteiger partial charge on any atom is 0.407 e. The summed E-state index contributed by atoms with van der Waals surface area (Å²) >= 11 is 0. The number of carbonyl (C=O) groups is 4. The molecule has 0 bridgehead atoms. The van der Waals surface area contributed by atoms with Crippen LogP contribution in [0.5, 0.6) is 5.75 Å². The fourth-order valence-electron chi connectivity index (χ4n) is 6.38. The van der Waals surface area contributed by atoms with Crippen LogP contribution >= 0.6 is 0 Å². The van der Waals surface area contributed by atoms with E-state index in [9.17, 15) is 39.6 Å². The quantitative estimate of drug-likeness (QED) is 0.257. The average Bonchev–Trinajstić information content (AvgIpc) is 2.88. The average molecular weight is 601 g/mol. The summed E-state index contributed by atoms with van der Waals surface area (Å²) in [6.07, 6.45) is -0.564. The van der Waals surface area contributed by atoms with E-state index in [1.54, 1.807) is 39.2 Å². The Hall–Kier alpha value is -4.10. The molecule has 0 aliphatic heterocycles. The number of amides is 2. The lowest BCUT2D eigenvalue weighted by molar-refractivity contribution is -0.153. The molecule has 0 radical (unpaired) electrons. The maximum absolute atomic E-state index is 14.1. The zero-order valence-electron chi connectivity index (χ0n) is 25.4. The van der Waals surface area contributed by atoms with Gasteiger partial charge in [-0.25, -0.2) is 4.79 Å². The van der Waals surface area contributed by atoms with Gasteiger partial charge in [-0.3, -0.25) is 19.3 Å². The first-order chi connectivity index (χ1) is 19.8. The molecule has 4 rings (SSSR count). The summed E-state index contributed by atoms with van der Waals surface area (Å²) in [6, 6.07) is 0.503. The highest BCUT2D eigenvalue weighted by atomic mass is 16.5. The Morgan fingerprint density at radius 1 is 1.14 bits per heavy atom. The molecule has 1 aromatic carbocycles. The number of hydrogen-bond donors (Lipinski definition) is 6. The van der Waals surface area contributed by atoms with Crippen LogP contribution in [0.3, 0.4) is 0 Å². The molecule has 0 unspecified atom stereocenters. The number of aliphatic hydroxyl groups is 3. The van der Waals surface area contributed by atoms with Crippen LogP contribution < -0.4 is 16.0 Å². The number of anilines is 1. The van der Waals surface area contributed by atoms with Crippen molar-refractivity contribution in [3.63, 3.8) is 0 Å². The van der Waals surface area contributed by atoms with Gasteiger partial charge in [0.2, 0.25) is 5.78 Å². The molecule has 0 saturated heterocycles. The second kappa shape index (κ2) is 10.9. The van der Waals surface area contributed by atoms with E-state index in [0.717, 1.165) is 0 Å². The summed E-state index contributed by atoms with van der Waals surface area (Å²) in [4.78, 5) is 55.0. The number of phenols is 1. The Labute approximate surface area is 249 Å². The van der Waals surface area contributed by atoms with Gasteiger partial charge in [0.1, 0.15) is 22.8 Å². The number of hydrogen-bond acceptors (Lipinski definition) is 11. The van der Waals surface area contributed by atoms with Crippen molar-refractivity contribution in [1.29, 1.82) is 0 Å². The molecule has 13 heteroatoms. The van der Waals surface area contributed by atoms with Crippen LogP contribution in [0.4, 0.5) is 10.5 Å². The number of likely N-dealkylation sites (N-methyl/N-ethyl adjacent to an activating group) is 1. The number of rotatable bonds is 6. The Morgan fingerprint density at radius 3 is 2.30 bits per heavy atom. The normalized spacial score (nSPS) is 25.3. The number of phenolic OH excluding ortho intramolecular Hbond substituents is 1. The summed E-state index contributed by atoms with van der Waals surface area (Å²) in [5.41, 5.74) is 2.58. The third-order valence-electron chi connectivity index (χ3n) is 8.32. The van der Waals surface area contributed by atoms with Crippen molar-refractivity contribution in [1.82, 2.24) is 10.2 Å². The number of ether oxygens (including phenoxy) is 1. The predicted octanol–water partition coefficient (Wildman–Crippen LogP) is 1.30. The summed E-state index contributed by atoms with van der Waals surface area (Å²) < 4.78 is 5.23. The minimum absolute atomic E-state index is 0.0116. The van der Waals surface area contributed by atoms with E-state index in [4.69, 9.17) is 10.5 Å². The van der Waals surface area contributed by atoms with Crippen LogP contribution in [0.25, 0.3) is 5.76 Å². The number of Topliss-reactive ketones (excluding diaryl/α,β-unsaturated/α-hetero) is 2. The summed E-state index contributed by atoms with van der Waals surface area (Å²) in [7, 11) is 6.62. The van der Waals surface area contributed by atoms with E-state index < -0.39 is 64.1 Å². The van der Waals surface area contributed by atoms with Crippen molar-refractivity contribution in [2.75, 3.05) is 39.7 Å². The molecule has 3 aliphatic carbocycles. The van der Waals surface area contributed by atoms with Gasteiger partial charge in [0.05, 0.1) is 18.2 Å². The number of ketones is 2. The van der Waals surface area contributed by atoms with Crippen LogP contribution in [0.2, 0.25) is 0 Å². The topological polar surface area (TPSA) is 203 Å². The zero-order valence-corrected chi connectivity index (χ0v) is 25.4. The minimum Gasteiger partial charge on any atom is -0.508 e. The molecule has 0 spiro atoms. The van der Waals surface area contributed by atoms with Gasteiger partial charge in [0, 0.05) is 43.4 Å². The zero-order chi connectivity index (χ0) is 32.3. The first-order valence-electron chi connectivity index (χ1n) is 13.9. The molecule has 1 aromatic rings. The molecule has 7 N–H and O–H groups in total. The molecule has 0 heterocycles. The van der Waals surface area contributed by atoms with Gasteiger partial charge in [0.15, 0.2) is 11.4 Å². The van der Waals surface area contributed by atoms with Gasteiger partial charge in [-0.15, -0.1) is 0 Å². The fourth-order valence-corrected chi connectivity index (χ4v) is 6.38. The first kappa shape index (κ1) is 31.8. The monoisotopic (exact) mass is 600 g/mol. The van der Waals surface area contributed by atoms with E-state index in [1.807, 2.05) is 20.8 Å². The highest BCUT2D eigenvalue weighted by Gasteiger charge is 2.64. The second-order valence-electron chi connectivity index (χ2n) is 13.1. The lowest BCUT2D eigenvalue weighted by Crippen LogP contribution is -2.65. The highest BCUT2D eigenvalue weighted by Crippen LogP contribution is 2.54. The summed E-state index contributed by atoms with van der Waals surface area (Å²) in [5.74, 6) is -7.19. The number of alkyl carbamates (subject to hydrolysis) is 1. The number of aromatic hydroxyl groups is 1. The van der Waals surface area contributed by atoms with Gasteiger partial charge in [-0.05, 0) is 49.9 Å². The maximum atomic E-state index is 14.1. The standard InChI is InChI=1S/C30H40N4O9/c1-29(2,3)12-43-28(41)32-11-14-10-17(33(4)5)15-8-13-9-16-21(34(6)7)24(37)20(27(31)40)26(39)30(16,42)25(38)18(13)23(36)19(15)22(14)35/h10,13,16,21,35-36,39,42H,8-9,11-12H2,1-7H3,(H2,31,40)(H,32,41)/t13-,16-,21-,30-/m1/s1. The van der Waals surface area contributed by atoms with Crippen LogP contribution in [0.15, 0.2) is 23.0 Å². The number of nitrogens with two attached hydrogens (primary N) is 1. The molecule has 234 valence electrons. The highest BCUT2D eigenvalue weighted by molar-refractivity contribution is 6.24. The van der Waals surface area contributed by atoms with Crippen LogP contribution in [-0.2, 0) is 32.1 Å². The SMILES string of the molecule is CN(C)c1cc(CNC(=O)OCC(C)(C)C)c(O)c2c1C[C@@H]1C[C@@H]3[C@@H](N(C)C)C(=O)C(C(N)=O)=C(O)[C@]3(O)C(=O)C1=C2O. The van der Waals surface area contributed by atoms with Gasteiger partial charge in [-0.1, -0.05) is 20.8 Å². The molecule has 1 fully saturated rings. The second-order valence-corrected chi connectivity index (χ2v) is 13.1. The van der Waals surface area contributed by atoms with E-state index >= 15 is 0 Å². The van der Waals surface area contributed by atoms with Gasteiger partial charge in [-0.2, -0.15) is 0 Å². The fraction of sp³-hybridized carbons (Fsp3) is 0.533. The number of primary amides is 1. The van der Waals surface area contributed by atoms with E-state index in [-0.39, 0.29) is 53.9 Å². The van der Waals surface area contributed by atoms with Crippen molar-refractivity contribution in [2.24, 2.45) is 23.0 Å². The lowest BCUT2D eigenvalue weighted by Gasteiger charge is -2.50. The van der Waals surface area contributed by atoms with E-state index in [2.05, 4.69) is 5.32 Å². The molecule has 4 atom stereocenters. The van der Waals surface area contributed by atoms with Crippen LogP contribution in [0.1, 0.15) is 43.9 Å². The third-order valence-corrected chi connectivity index (χ3v) is 8.32. The Morgan fingerprint density at radius 2 is 1.77 bits per heavy atom. The number of aliphatic hydroxyl groups excluding tert-OH is 2. The predicted molar refractivity (Wildman–Crippen MR) is 156 cm³/mol. The van der Waals surface area contributed by atoms with Gasteiger partial charge in [0.25, 0.3) is 5.91 Å². The van der Waals surface area contributed by atoms with Crippen molar-refractivity contribution in [3.05, 3.63) is 39.7 Å². The molecular weight excluding hydrogens is 560 g/mol. The van der Waals surface area contributed by atoms with Crippen molar-refractivity contribution in [3.8, 4) is 5.75 Å². The van der Waals surface area contributed by atoms with Gasteiger partial charge >= 0.3 is 6.09 Å². The summed E-state index contributed by atoms with van der Waals surface area (Å²) in [6.45, 7) is 5.72. The Balaban J connectivity index is 1.84. The molecule has 1 saturated carbocycles. The van der Waals surface area contributed by atoms with Crippen LogP contribution in [0, 0.1) is 17.3 Å². The number of nitrogens with one attached hydrogen (secondary N) is 1. The third kappa shape index (κ3) is 5.20. The molecule has 43 heavy (non-hydrogen) atoms. The summed E-state index contributed by atoms with van der Waals surface area (Å²) in [5, 5.41) is 48.3. The van der Waals surface area contributed by atoms with Gasteiger partial charge < -0.3 is 41.1 Å². The van der Waals surface area contributed by atoms with Crippen molar-refractivity contribution < 1.29 is 44.3 Å². The Bertz CT molecular complexity index is 1470. The van der Waals surface area contributed by atoms with Crippen molar-refractivity contribution in [2.45, 2.75) is 51.8 Å². The number of nitrogens with zero attached hydrogens (tertiary/aromatic N) is 2. The number of benzene rings is 1. The van der Waals surface area contributed by atoms with Crippen LogP contribution in [-0.4, -0.2) is 95.3 Å². The molecule has 0 aromatic heterocycles. The number of carbonyl (C=O) groups excluding carboxylic acids is 4. The molecular formula is C30H40N4O9. The molecule has 13 nitrogen and oxygen atoms in total. The van der Waals surface area contributed by atoms with E-state index in [0.29, 0.717) is 11.3 Å².